The number of aliphatic imine (C=N–C) groups is 1. The van der Waals surface area contributed by atoms with Gasteiger partial charge in [-0.2, -0.15) is 0 Å². The second-order valence-electron chi connectivity index (χ2n) is 7.83. The van der Waals surface area contributed by atoms with Crippen molar-refractivity contribution in [2.24, 2.45) is 4.99 Å². The summed E-state index contributed by atoms with van der Waals surface area (Å²) in [5, 5.41) is 6.54. The lowest BCUT2D eigenvalue weighted by atomic mass is 10.1. The zero-order valence-corrected chi connectivity index (χ0v) is 20.8. The van der Waals surface area contributed by atoms with E-state index in [9.17, 15) is 4.79 Å². The monoisotopic (exact) mass is 549 g/mol. The number of piperazine rings is 1. The van der Waals surface area contributed by atoms with Crippen LogP contribution in [0.1, 0.15) is 12.5 Å². The first-order valence-electron chi connectivity index (χ1n) is 11.1. The smallest absolute Gasteiger partial charge is 0.244 e. The first-order chi connectivity index (χ1) is 15.2. The molecule has 2 aliphatic heterocycles. The van der Waals surface area contributed by atoms with Crippen LogP contribution in [0.5, 0.6) is 5.75 Å². The zero-order valence-electron chi connectivity index (χ0n) is 18.5. The van der Waals surface area contributed by atoms with Gasteiger partial charge in [-0.1, -0.05) is 36.4 Å². The predicted octanol–water partition coefficient (Wildman–Crippen LogP) is 2.51. The van der Waals surface area contributed by atoms with Crippen molar-refractivity contribution in [3.8, 4) is 5.75 Å². The molecule has 0 radical (unpaired) electrons. The van der Waals surface area contributed by atoms with Gasteiger partial charge in [0.25, 0.3) is 0 Å². The molecule has 2 N–H and O–H groups in total. The maximum atomic E-state index is 12.7. The van der Waals surface area contributed by atoms with Gasteiger partial charge in [0.1, 0.15) is 18.4 Å². The highest BCUT2D eigenvalue weighted by Crippen LogP contribution is 2.27. The van der Waals surface area contributed by atoms with E-state index in [1.54, 1.807) is 0 Å². The van der Waals surface area contributed by atoms with Crippen LogP contribution in [0, 0.1) is 0 Å². The van der Waals surface area contributed by atoms with Crippen molar-refractivity contribution in [1.82, 2.24) is 15.5 Å². The van der Waals surface area contributed by atoms with E-state index in [-0.39, 0.29) is 42.5 Å². The molecular formula is C24H32IN5O2. The number of rotatable bonds is 6. The standard InChI is InChI=1S/C24H31N5O2.HI/c1-2-25-24(26-17-21-16-19-8-6-7-11-22(19)31-21)27-18-23(30)29-14-12-28(13-15-29)20-9-4-3-5-10-20;/h3-11,21H,2,12-18H2,1H3,(H2,25,26,27);1H. The highest BCUT2D eigenvalue weighted by atomic mass is 127. The van der Waals surface area contributed by atoms with E-state index < -0.39 is 0 Å². The highest BCUT2D eigenvalue weighted by molar-refractivity contribution is 14.0. The summed E-state index contributed by atoms with van der Waals surface area (Å²) in [6, 6.07) is 18.5. The van der Waals surface area contributed by atoms with E-state index >= 15 is 0 Å². The fourth-order valence-electron chi connectivity index (χ4n) is 4.02. The summed E-state index contributed by atoms with van der Waals surface area (Å²) in [6.45, 7) is 6.68. The summed E-state index contributed by atoms with van der Waals surface area (Å²) in [7, 11) is 0. The summed E-state index contributed by atoms with van der Waals surface area (Å²) in [6.07, 6.45) is 0.954. The van der Waals surface area contributed by atoms with Gasteiger partial charge in [-0.05, 0) is 30.7 Å². The number of ether oxygens (including phenoxy) is 1. The lowest BCUT2D eigenvalue weighted by Crippen LogP contribution is -2.50. The summed E-state index contributed by atoms with van der Waals surface area (Å²) in [5.41, 5.74) is 2.45. The minimum atomic E-state index is 0. The molecule has 8 heteroatoms. The number of anilines is 1. The third kappa shape index (κ3) is 6.27. The molecule has 2 aliphatic rings. The molecule has 172 valence electrons. The molecule has 1 amide bonds. The normalized spacial score (nSPS) is 17.8. The van der Waals surface area contributed by atoms with Crippen molar-refractivity contribution < 1.29 is 9.53 Å². The first-order valence-corrected chi connectivity index (χ1v) is 11.1. The number of benzene rings is 2. The number of nitrogens with zero attached hydrogens (tertiary/aromatic N) is 3. The SMILES string of the molecule is CCNC(=NCC(=O)N1CCN(c2ccccc2)CC1)NCC1Cc2ccccc2O1.I. The number of hydrogen-bond donors (Lipinski definition) is 2. The Bertz CT molecular complexity index is 875. The molecule has 32 heavy (non-hydrogen) atoms. The van der Waals surface area contributed by atoms with Crippen molar-refractivity contribution in [3.05, 3.63) is 60.2 Å². The van der Waals surface area contributed by atoms with Gasteiger partial charge >= 0.3 is 0 Å². The van der Waals surface area contributed by atoms with Crippen LogP contribution < -0.4 is 20.3 Å². The van der Waals surface area contributed by atoms with Gasteiger partial charge in [0.2, 0.25) is 5.91 Å². The minimum Gasteiger partial charge on any atom is -0.488 e. The average molecular weight is 549 g/mol. The highest BCUT2D eigenvalue weighted by Gasteiger charge is 2.23. The van der Waals surface area contributed by atoms with Crippen LogP contribution in [-0.4, -0.2) is 68.7 Å². The molecule has 0 saturated carbocycles. The number of carbonyl (C=O) groups excluding carboxylic acids is 1. The molecule has 4 rings (SSSR count). The molecule has 0 spiro atoms. The lowest BCUT2D eigenvalue weighted by molar-refractivity contribution is -0.129. The van der Waals surface area contributed by atoms with Gasteiger partial charge in [0, 0.05) is 44.8 Å². The Morgan fingerprint density at radius 1 is 1.03 bits per heavy atom. The van der Waals surface area contributed by atoms with Crippen LogP contribution in [0.4, 0.5) is 5.69 Å². The number of hydrogen-bond acceptors (Lipinski definition) is 4. The molecule has 1 unspecified atom stereocenters. The second kappa shape index (κ2) is 11.9. The molecule has 1 fully saturated rings. The van der Waals surface area contributed by atoms with Crippen LogP contribution in [0.3, 0.4) is 0 Å². The van der Waals surface area contributed by atoms with Crippen molar-refractivity contribution in [2.45, 2.75) is 19.4 Å². The van der Waals surface area contributed by atoms with Crippen LogP contribution in [0.2, 0.25) is 0 Å². The third-order valence-electron chi connectivity index (χ3n) is 5.68. The fraction of sp³-hybridized carbons (Fsp3) is 0.417. The van der Waals surface area contributed by atoms with Crippen LogP contribution in [-0.2, 0) is 11.2 Å². The molecule has 1 saturated heterocycles. The minimum absolute atomic E-state index is 0. The Kier molecular flexibility index (Phi) is 9.01. The third-order valence-corrected chi connectivity index (χ3v) is 5.68. The van der Waals surface area contributed by atoms with E-state index in [0.717, 1.165) is 44.9 Å². The molecule has 2 aromatic carbocycles. The van der Waals surface area contributed by atoms with Crippen LogP contribution in [0.15, 0.2) is 59.6 Å². The van der Waals surface area contributed by atoms with Gasteiger partial charge in [-0.25, -0.2) is 4.99 Å². The Balaban J connectivity index is 0.00000289. The van der Waals surface area contributed by atoms with Crippen LogP contribution >= 0.6 is 24.0 Å². The lowest BCUT2D eigenvalue weighted by Gasteiger charge is -2.36. The Labute approximate surface area is 207 Å². The van der Waals surface area contributed by atoms with E-state index in [1.165, 1.54) is 11.3 Å². The molecule has 1 atom stereocenters. The number of amides is 1. The average Bonchev–Trinajstić information content (AvgIpc) is 3.24. The van der Waals surface area contributed by atoms with E-state index in [1.807, 2.05) is 48.2 Å². The molecular weight excluding hydrogens is 517 g/mol. The number of halogens is 1. The Morgan fingerprint density at radius 2 is 1.75 bits per heavy atom. The number of para-hydroxylation sites is 2. The van der Waals surface area contributed by atoms with Gasteiger partial charge in [-0.3, -0.25) is 4.79 Å². The van der Waals surface area contributed by atoms with E-state index in [0.29, 0.717) is 12.5 Å². The Morgan fingerprint density at radius 3 is 2.47 bits per heavy atom. The van der Waals surface area contributed by atoms with Crippen molar-refractivity contribution in [1.29, 1.82) is 0 Å². The topological polar surface area (TPSA) is 69.2 Å². The van der Waals surface area contributed by atoms with Crippen molar-refractivity contribution in [2.75, 3.05) is 50.7 Å². The van der Waals surface area contributed by atoms with Gasteiger partial charge in [0.05, 0.1) is 6.54 Å². The van der Waals surface area contributed by atoms with E-state index in [2.05, 4.69) is 38.7 Å². The van der Waals surface area contributed by atoms with Gasteiger partial charge in [-0.15, -0.1) is 24.0 Å². The van der Waals surface area contributed by atoms with Crippen molar-refractivity contribution >= 4 is 41.5 Å². The maximum absolute atomic E-state index is 12.7. The molecule has 2 heterocycles. The molecule has 7 nitrogen and oxygen atoms in total. The number of carbonyl (C=O) groups is 1. The molecule has 0 aromatic heterocycles. The molecule has 0 bridgehead atoms. The number of nitrogens with one attached hydrogen (secondary N) is 2. The van der Waals surface area contributed by atoms with Gasteiger partial charge < -0.3 is 25.2 Å². The maximum Gasteiger partial charge on any atom is 0.244 e. The van der Waals surface area contributed by atoms with Crippen LogP contribution in [0.25, 0.3) is 0 Å². The first kappa shape index (κ1) is 24.2. The van der Waals surface area contributed by atoms with E-state index in [4.69, 9.17) is 4.74 Å². The number of guanidine groups is 1. The second-order valence-corrected chi connectivity index (χ2v) is 7.83. The molecule has 0 aliphatic carbocycles. The summed E-state index contributed by atoms with van der Waals surface area (Å²) < 4.78 is 5.98. The van der Waals surface area contributed by atoms with Gasteiger partial charge in [0.15, 0.2) is 5.96 Å². The Hall–Kier alpha value is -2.49. The quantitative estimate of drug-likeness (QED) is 0.330. The number of fused-ring (bicyclic) bond motifs is 1. The summed E-state index contributed by atoms with van der Waals surface area (Å²) in [4.78, 5) is 21.4. The predicted molar refractivity (Wildman–Crippen MR) is 139 cm³/mol. The van der Waals surface area contributed by atoms with Crippen molar-refractivity contribution in [3.63, 3.8) is 0 Å². The summed E-state index contributed by atoms with van der Waals surface area (Å²) in [5.74, 6) is 1.67. The largest absolute Gasteiger partial charge is 0.488 e. The summed E-state index contributed by atoms with van der Waals surface area (Å²) >= 11 is 0. The zero-order chi connectivity index (χ0) is 21.5. The fourth-order valence-corrected chi connectivity index (χ4v) is 4.02. The molecule has 2 aromatic rings.